The monoisotopic (exact) mass is 242 g/mol. The van der Waals surface area contributed by atoms with Crippen molar-refractivity contribution in [3.05, 3.63) is 0 Å². The first-order chi connectivity index (χ1) is 8.06. The fourth-order valence-corrected chi connectivity index (χ4v) is 2.52. The Morgan fingerprint density at radius 3 is 1.94 bits per heavy atom. The van der Waals surface area contributed by atoms with Crippen LogP contribution in [0.5, 0.6) is 0 Å². The van der Waals surface area contributed by atoms with E-state index in [-0.39, 0.29) is 13.2 Å². The van der Waals surface area contributed by atoms with E-state index in [9.17, 15) is 4.79 Å². The van der Waals surface area contributed by atoms with Crippen molar-refractivity contribution >= 4 is 5.97 Å². The standard InChI is InChI=1S/C13H22O4/c1-12(11(14)15)9-16-13(17-10-12)7-5-3-2-4-6-8-13/h2-10H2,1H3,(H,14,15). The van der Waals surface area contributed by atoms with Crippen LogP contribution in [0.1, 0.15) is 51.9 Å². The van der Waals surface area contributed by atoms with E-state index in [0.717, 1.165) is 25.7 Å². The van der Waals surface area contributed by atoms with Crippen LogP contribution in [0.3, 0.4) is 0 Å². The molecular weight excluding hydrogens is 220 g/mol. The summed E-state index contributed by atoms with van der Waals surface area (Å²) < 4.78 is 11.6. The number of carboxylic acids is 1. The molecule has 0 atom stereocenters. The Labute approximate surface area is 102 Å². The molecule has 0 amide bonds. The molecule has 1 spiro atoms. The summed E-state index contributed by atoms with van der Waals surface area (Å²) >= 11 is 0. The minimum absolute atomic E-state index is 0.266. The first-order valence-corrected chi connectivity index (χ1v) is 6.58. The Hall–Kier alpha value is -0.610. The first-order valence-electron chi connectivity index (χ1n) is 6.58. The molecule has 2 rings (SSSR count). The molecule has 0 aromatic rings. The number of aliphatic carboxylic acids is 1. The van der Waals surface area contributed by atoms with Crippen LogP contribution in [-0.2, 0) is 14.3 Å². The largest absolute Gasteiger partial charge is 0.481 e. The molecule has 0 aromatic heterocycles. The molecule has 1 aliphatic heterocycles. The molecule has 0 bridgehead atoms. The Morgan fingerprint density at radius 2 is 1.47 bits per heavy atom. The molecule has 4 nitrogen and oxygen atoms in total. The minimum atomic E-state index is -0.881. The van der Waals surface area contributed by atoms with E-state index < -0.39 is 17.2 Å². The van der Waals surface area contributed by atoms with Crippen molar-refractivity contribution in [2.45, 2.75) is 57.7 Å². The van der Waals surface area contributed by atoms with Gasteiger partial charge in [0.2, 0.25) is 0 Å². The number of carboxylic acid groups (broad SMARTS) is 1. The van der Waals surface area contributed by atoms with Gasteiger partial charge < -0.3 is 14.6 Å². The van der Waals surface area contributed by atoms with Gasteiger partial charge in [-0.1, -0.05) is 19.3 Å². The number of ether oxygens (including phenoxy) is 2. The van der Waals surface area contributed by atoms with Crippen LogP contribution in [0.15, 0.2) is 0 Å². The van der Waals surface area contributed by atoms with Crippen LogP contribution in [0.2, 0.25) is 0 Å². The zero-order valence-corrected chi connectivity index (χ0v) is 10.5. The molecule has 98 valence electrons. The fourth-order valence-electron chi connectivity index (χ4n) is 2.52. The third kappa shape index (κ3) is 2.80. The fraction of sp³-hybridized carbons (Fsp3) is 0.923. The van der Waals surface area contributed by atoms with E-state index in [2.05, 4.69) is 0 Å². The molecular formula is C13H22O4. The summed E-state index contributed by atoms with van der Waals surface area (Å²) in [5.41, 5.74) is -0.881. The van der Waals surface area contributed by atoms with Crippen LogP contribution in [-0.4, -0.2) is 30.1 Å². The summed E-state index contributed by atoms with van der Waals surface area (Å²) in [5, 5.41) is 9.12. The molecule has 4 heteroatoms. The smallest absolute Gasteiger partial charge is 0.314 e. The highest BCUT2D eigenvalue weighted by Crippen LogP contribution is 2.38. The van der Waals surface area contributed by atoms with Crippen LogP contribution in [0.4, 0.5) is 0 Å². The molecule has 1 saturated carbocycles. The molecule has 2 fully saturated rings. The van der Waals surface area contributed by atoms with E-state index in [1.807, 2.05) is 0 Å². The minimum Gasteiger partial charge on any atom is -0.481 e. The zero-order chi connectivity index (χ0) is 12.4. The zero-order valence-electron chi connectivity index (χ0n) is 10.5. The van der Waals surface area contributed by atoms with Crippen molar-refractivity contribution in [1.82, 2.24) is 0 Å². The highest BCUT2D eigenvalue weighted by molar-refractivity contribution is 5.74. The number of rotatable bonds is 1. The van der Waals surface area contributed by atoms with E-state index in [1.165, 1.54) is 19.3 Å². The Balaban J connectivity index is 1.97. The van der Waals surface area contributed by atoms with Crippen LogP contribution in [0, 0.1) is 5.41 Å². The SMILES string of the molecule is CC1(C(=O)O)COC2(CCCCCCC2)OC1. The van der Waals surface area contributed by atoms with Gasteiger partial charge in [0.15, 0.2) is 5.79 Å². The second-order valence-corrected chi connectivity index (χ2v) is 5.62. The highest BCUT2D eigenvalue weighted by Gasteiger charge is 2.46. The van der Waals surface area contributed by atoms with Crippen molar-refractivity contribution in [3.63, 3.8) is 0 Å². The summed E-state index contributed by atoms with van der Waals surface area (Å²) in [4.78, 5) is 11.1. The quantitative estimate of drug-likeness (QED) is 0.767. The van der Waals surface area contributed by atoms with Gasteiger partial charge in [-0.2, -0.15) is 0 Å². The predicted octanol–water partition coefficient (Wildman–Crippen LogP) is 2.56. The Kier molecular flexibility index (Phi) is 3.73. The second-order valence-electron chi connectivity index (χ2n) is 5.62. The molecule has 17 heavy (non-hydrogen) atoms. The van der Waals surface area contributed by atoms with Gasteiger partial charge in [-0.25, -0.2) is 0 Å². The normalized spacial score (nSPS) is 28.3. The lowest BCUT2D eigenvalue weighted by atomic mass is 9.89. The molecule has 1 N–H and O–H groups in total. The van der Waals surface area contributed by atoms with Gasteiger partial charge in [0.1, 0.15) is 5.41 Å². The van der Waals surface area contributed by atoms with E-state index >= 15 is 0 Å². The maximum Gasteiger partial charge on any atom is 0.314 e. The topological polar surface area (TPSA) is 55.8 Å². The van der Waals surface area contributed by atoms with Gasteiger partial charge in [-0.05, 0) is 19.8 Å². The maximum absolute atomic E-state index is 11.1. The van der Waals surface area contributed by atoms with Gasteiger partial charge in [0.05, 0.1) is 13.2 Å². The molecule has 2 aliphatic rings. The van der Waals surface area contributed by atoms with Crippen molar-refractivity contribution < 1.29 is 19.4 Å². The van der Waals surface area contributed by atoms with Gasteiger partial charge in [0.25, 0.3) is 0 Å². The Morgan fingerprint density at radius 1 is 1.00 bits per heavy atom. The third-order valence-corrected chi connectivity index (χ3v) is 3.94. The van der Waals surface area contributed by atoms with E-state index in [1.54, 1.807) is 6.92 Å². The average molecular weight is 242 g/mol. The van der Waals surface area contributed by atoms with Crippen molar-refractivity contribution in [3.8, 4) is 0 Å². The number of hydrogen-bond donors (Lipinski definition) is 1. The van der Waals surface area contributed by atoms with Gasteiger partial charge >= 0.3 is 5.97 Å². The highest BCUT2D eigenvalue weighted by atomic mass is 16.7. The summed E-state index contributed by atoms with van der Waals surface area (Å²) in [6, 6.07) is 0. The molecule has 1 heterocycles. The summed E-state index contributed by atoms with van der Waals surface area (Å²) in [7, 11) is 0. The van der Waals surface area contributed by atoms with Gasteiger partial charge in [-0.3, -0.25) is 4.79 Å². The predicted molar refractivity (Wildman–Crippen MR) is 62.7 cm³/mol. The van der Waals surface area contributed by atoms with Gasteiger partial charge in [0, 0.05) is 12.8 Å². The second kappa shape index (κ2) is 4.94. The Bertz CT molecular complexity index is 269. The number of carbonyl (C=O) groups is 1. The summed E-state index contributed by atoms with van der Waals surface area (Å²) in [6.45, 7) is 2.22. The van der Waals surface area contributed by atoms with Crippen molar-refractivity contribution in [1.29, 1.82) is 0 Å². The average Bonchev–Trinajstić information content (AvgIpc) is 2.27. The number of hydrogen-bond acceptors (Lipinski definition) is 3. The molecule has 1 aliphatic carbocycles. The van der Waals surface area contributed by atoms with Crippen LogP contribution >= 0.6 is 0 Å². The van der Waals surface area contributed by atoms with Crippen molar-refractivity contribution in [2.24, 2.45) is 5.41 Å². The van der Waals surface area contributed by atoms with E-state index in [4.69, 9.17) is 14.6 Å². The maximum atomic E-state index is 11.1. The molecule has 0 unspecified atom stereocenters. The molecule has 0 aromatic carbocycles. The third-order valence-electron chi connectivity index (χ3n) is 3.94. The van der Waals surface area contributed by atoms with Crippen LogP contribution < -0.4 is 0 Å². The lowest BCUT2D eigenvalue weighted by molar-refractivity contribution is -0.306. The first kappa shape index (κ1) is 12.8. The van der Waals surface area contributed by atoms with Crippen LogP contribution in [0.25, 0.3) is 0 Å². The lowest BCUT2D eigenvalue weighted by Gasteiger charge is -2.44. The molecule has 1 saturated heterocycles. The molecule has 0 radical (unpaired) electrons. The van der Waals surface area contributed by atoms with Crippen molar-refractivity contribution in [2.75, 3.05) is 13.2 Å². The van der Waals surface area contributed by atoms with E-state index in [0.29, 0.717) is 0 Å². The summed E-state index contributed by atoms with van der Waals surface area (Å²) in [5.74, 6) is -1.33. The summed E-state index contributed by atoms with van der Waals surface area (Å²) in [6.07, 6.45) is 7.79. The van der Waals surface area contributed by atoms with Gasteiger partial charge in [-0.15, -0.1) is 0 Å². The lowest BCUT2D eigenvalue weighted by Crippen LogP contribution is -2.51.